The van der Waals surface area contributed by atoms with Crippen LogP contribution >= 0.6 is 0 Å². The zero-order valence-corrected chi connectivity index (χ0v) is 14.9. The number of methoxy groups -OCH3 is 2. The predicted molar refractivity (Wildman–Crippen MR) is 95.6 cm³/mol. The van der Waals surface area contributed by atoms with Crippen LogP contribution in [-0.4, -0.2) is 37.6 Å². The van der Waals surface area contributed by atoms with Crippen molar-refractivity contribution in [2.45, 2.75) is 4.90 Å². The van der Waals surface area contributed by atoms with Crippen molar-refractivity contribution in [3.63, 3.8) is 0 Å². The molecule has 3 aromatic rings. The van der Waals surface area contributed by atoms with E-state index in [0.717, 1.165) is 0 Å². The topological polar surface area (TPSA) is 103 Å². The van der Waals surface area contributed by atoms with E-state index in [1.165, 1.54) is 32.5 Å². The number of nitrogens with one attached hydrogen (secondary N) is 1. The summed E-state index contributed by atoms with van der Waals surface area (Å²) in [5.74, 6) is 1.05. The van der Waals surface area contributed by atoms with Crippen LogP contribution in [0.5, 0.6) is 11.5 Å². The molecule has 0 aliphatic carbocycles. The lowest BCUT2D eigenvalue weighted by Crippen LogP contribution is -2.14. The molecule has 0 unspecified atom stereocenters. The van der Waals surface area contributed by atoms with Crippen molar-refractivity contribution >= 4 is 15.7 Å². The molecule has 2 aromatic heterocycles. The SMILES string of the molecule is COc1ccc(OC)c(S(=O)(=O)Nc2cncc(-c3ncccn3)c2)c1. The van der Waals surface area contributed by atoms with E-state index in [1.807, 2.05) is 0 Å². The maximum absolute atomic E-state index is 12.8. The van der Waals surface area contributed by atoms with E-state index in [1.54, 1.807) is 36.8 Å². The molecule has 0 atom stereocenters. The molecule has 1 N–H and O–H groups in total. The Bertz CT molecular complexity index is 1010. The third-order valence-electron chi connectivity index (χ3n) is 3.47. The van der Waals surface area contributed by atoms with E-state index in [0.29, 0.717) is 17.1 Å². The van der Waals surface area contributed by atoms with E-state index in [-0.39, 0.29) is 16.3 Å². The molecule has 3 rings (SSSR count). The highest BCUT2D eigenvalue weighted by atomic mass is 32.2. The number of rotatable bonds is 6. The van der Waals surface area contributed by atoms with Gasteiger partial charge in [0.1, 0.15) is 16.4 Å². The fraction of sp³-hybridized carbons (Fsp3) is 0.118. The summed E-state index contributed by atoms with van der Waals surface area (Å²) in [6.07, 6.45) is 6.15. The van der Waals surface area contributed by atoms with Crippen LogP contribution in [0, 0.1) is 0 Å². The molecule has 26 heavy (non-hydrogen) atoms. The van der Waals surface area contributed by atoms with Crippen molar-refractivity contribution in [3.05, 3.63) is 55.1 Å². The van der Waals surface area contributed by atoms with Gasteiger partial charge in [0.05, 0.1) is 26.1 Å². The molecule has 8 nitrogen and oxygen atoms in total. The number of pyridine rings is 1. The molecular formula is C17H16N4O4S. The fourth-order valence-electron chi connectivity index (χ4n) is 2.27. The van der Waals surface area contributed by atoms with Crippen molar-refractivity contribution in [1.82, 2.24) is 15.0 Å². The summed E-state index contributed by atoms with van der Waals surface area (Å²) in [6, 6.07) is 7.83. The second kappa shape index (κ2) is 7.36. The lowest BCUT2D eigenvalue weighted by Gasteiger charge is -2.13. The van der Waals surface area contributed by atoms with Crippen molar-refractivity contribution in [1.29, 1.82) is 0 Å². The van der Waals surface area contributed by atoms with Gasteiger partial charge in [-0.25, -0.2) is 18.4 Å². The van der Waals surface area contributed by atoms with Crippen molar-refractivity contribution in [2.24, 2.45) is 0 Å². The molecule has 1 aromatic carbocycles. The first-order chi connectivity index (χ1) is 12.5. The summed E-state index contributed by atoms with van der Waals surface area (Å²) in [7, 11) is -1.07. The third kappa shape index (κ3) is 3.72. The molecule has 0 saturated heterocycles. The first-order valence-electron chi connectivity index (χ1n) is 7.51. The highest BCUT2D eigenvalue weighted by Crippen LogP contribution is 2.30. The Morgan fingerprint density at radius 3 is 2.46 bits per heavy atom. The summed E-state index contributed by atoms with van der Waals surface area (Å²) in [4.78, 5) is 12.3. The Balaban J connectivity index is 1.96. The van der Waals surface area contributed by atoms with E-state index >= 15 is 0 Å². The van der Waals surface area contributed by atoms with Crippen LogP contribution in [0.1, 0.15) is 0 Å². The highest BCUT2D eigenvalue weighted by Gasteiger charge is 2.21. The van der Waals surface area contributed by atoms with E-state index in [2.05, 4.69) is 19.7 Å². The van der Waals surface area contributed by atoms with Crippen LogP contribution in [0.2, 0.25) is 0 Å². The largest absolute Gasteiger partial charge is 0.497 e. The number of aromatic nitrogens is 3. The van der Waals surface area contributed by atoms with Gasteiger partial charge in [-0.2, -0.15) is 0 Å². The Morgan fingerprint density at radius 1 is 1.00 bits per heavy atom. The Hall–Kier alpha value is -3.20. The zero-order valence-electron chi connectivity index (χ0n) is 14.1. The molecule has 0 fully saturated rings. The molecule has 0 amide bonds. The van der Waals surface area contributed by atoms with Gasteiger partial charge >= 0.3 is 0 Å². The third-order valence-corrected chi connectivity index (χ3v) is 4.88. The Morgan fingerprint density at radius 2 is 1.77 bits per heavy atom. The molecule has 0 radical (unpaired) electrons. The molecule has 2 heterocycles. The minimum Gasteiger partial charge on any atom is -0.497 e. The number of ether oxygens (including phenoxy) is 2. The summed E-state index contributed by atoms with van der Waals surface area (Å²) in [5.41, 5.74) is 0.864. The van der Waals surface area contributed by atoms with Crippen LogP contribution in [0.25, 0.3) is 11.4 Å². The number of nitrogens with zero attached hydrogens (tertiary/aromatic N) is 3. The summed E-state index contributed by atoms with van der Waals surface area (Å²) in [5, 5.41) is 0. The van der Waals surface area contributed by atoms with Gasteiger partial charge in [0.2, 0.25) is 0 Å². The molecule has 134 valence electrons. The van der Waals surface area contributed by atoms with Crippen molar-refractivity contribution < 1.29 is 17.9 Å². The number of anilines is 1. The summed E-state index contributed by atoms with van der Waals surface area (Å²) in [6.45, 7) is 0. The van der Waals surface area contributed by atoms with Crippen molar-refractivity contribution in [3.8, 4) is 22.9 Å². The van der Waals surface area contributed by atoms with Crippen LogP contribution in [0.15, 0.2) is 60.0 Å². The molecule has 0 bridgehead atoms. The minimum absolute atomic E-state index is 0.0410. The Kier molecular flexibility index (Phi) is 4.99. The van der Waals surface area contributed by atoms with Gasteiger partial charge in [0.25, 0.3) is 10.0 Å². The van der Waals surface area contributed by atoms with Gasteiger partial charge in [0.15, 0.2) is 5.82 Å². The second-order valence-electron chi connectivity index (χ2n) is 5.16. The monoisotopic (exact) mass is 372 g/mol. The first kappa shape index (κ1) is 17.6. The summed E-state index contributed by atoms with van der Waals surface area (Å²) < 4.78 is 38.3. The second-order valence-corrected chi connectivity index (χ2v) is 6.81. The van der Waals surface area contributed by atoms with Crippen LogP contribution in [-0.2, 0) is 10.0 Å². The molecule has 0 aliphatic heterocycles. The van der Waals surface area contributed by atoms with Gasteiger partial charge < -0.3 is 9.47 Å². The maximum Gasteiger partial charge on any atom is 0.265 e. The minimum atomic E-state index is -3.92. The smallest absolute Gasteiger partial charge is 0.265 e. The highest BCUT2D eigenvalue weighted by molar-refractivity contribution is 7.92. The van der Waals surface area contributed by atoms with Crippen LogP contribution in [0.4, 0.5) is 5.69 Å². The normalized spacial score (nSPS) is 11.0. The van der Waals surface area contributed by atoms with E-state index < -0.39 is 10.0 Å². The van der Waals surface area contributed by atoms with Gasteiger partial charge in [-0.05, 0) is 24.3 Å². The van der Waals surface area contributed by atoms with Gasteiger partial charge in [-0.1, -0.05) is 0 Å². The van der Waals surface area contributed by atoms with Crippen molar-refractivity contribution in [2.75, 3.05) is 18.9 Å². The van der Waals surface area contributed by atoms with Crippen LogP contribution < -0.4 is 14.2 Å². The van der Waals surface area contributed by atoms with Gasteiger partial charge in [-0.15, -0.1) is 0 Å². The number of hydrogen-bond acceptors (Lipinski definition) is 7. The van der Waals surface area contributed by atoms with E-state index in [9.17, 15) is 8.42 Å². The predicted octanol–water partition coefficient (Wildman–Crippen LogP) is 2.36. The lowest BCUT2D eigenvalue weighted by molar-refractivity contribution is 0.392. The van der Waals surface area contributed by atoms with E-state index in [4.69, 9.17) is 9.47 Å². The zero-order chi connectivity index (χ0) is 18.6. The molecule has 9 heteroatoms. The number of sulfonamides is 1. The average Bonchev–Trinajstić information content (AvgIpc) is 2.68. The molecule has 0 saturated carbocycles. The van der Waals surface area contributed by atoms with Crippen LogP contribution in [0.3, 0.4) is 0 Å². The Labute approximate surface area is 150 Å². The molecular weight excluding hydrogens is 356 g/mol. The molecule has 0 spiro atoms. The summed E-state index contributed by atoms with van der Waals surface area (Å²) >= 11 is 0. The lowest BCUT2D eigenvalue weighted by atomic mass is 10.2. The van der Waals surface area contributed by atoms with Gasteiger partial charge in [0, 0.05) is 30.2 Å². The fourth-order valence-corrected chi connectivity index (χ4v) is 3.49. The number of hydrogen-bond donors (Lipinski definition) is 1. The first-order valence-corrected chi connectivity index (χ1v) is 8.99. The maximum atomic E-state index is 12.8. The number of benzene rings is 1. The quantitative estimate of drug-likeness (QED) is 0.708. The average molecular weight is 372 g/mol. The molecule has 0 aliphatic rings. The standard InChI is InChI=1S/C17H16N4O4S/c1-24-14-4-5-15(25-2)16(9-14)26(22,23)21-13-8-12(10-18-11-13)17-19-6-3-7-20-17/h3-11,21H,1-2H3. The van der Waals surface area contributed by atoms with Gasteiger partial charge in [-0.3, -0.25) is 9.71 Å².